The lowest BCUT2D eigenvalue weighted by molar-refractivity contribution is -0.135. The number of furan rings is 1. The van der Waals surface area contributed by atoms with Gasteiger partial charge in [-0.1, -0.05) is 68.4 Å². The number of ether oxygens (including phenoxy) is 2. The van der Waals surface area contributed by atoms with E-state index in [9.17, 15) is 19.2 Å². The van der Waals surface area contributed by atoms with Crippen LogP contribution < -0.4 is 10.6 Å². The third-order valence-electron chi connectivity index (χ3n) is 11.4. The highest BCUT2D eigenvalue weighted by molar-refractivity contribution is 5.89. The number of fused-ring (bicyclic) bond motifs is 1. The van der Waals surface area contributed by atoms with Gasteiger partial charge in [-0.05, 0) is 67.0 Å². The van der Waals surface area contributed by atoms with Gasteiger partial charge in [0.25, 0.3) is 5.91 Å². The molecule has 0 radical (unpaired) electrons. The predicted octanol–water partition coefficient (Wildman–Crippen LogP) is 7.68. The van der Waals surface area contributed by atoms with Crippen LogP contribution in [-0.2, 0) is 19.1 Å². The van der Waals surface area contributed by atoms with Gasteiger partial charge in [0.1, 0.15) is 35.1 Å². The molecule has 0 spiro atoms. The second-order valence-corrected chi connectivity index (χ2v) is 15.5. The van der Waals surface area contributed by atoms with E-state index in [1.54, 1.807) is 22.2 Å². The van der Waals surface area contributed by atoms with E-state index in [0.717, 1.165) is 70.5 Å². The van der Waals surface area contributed by atoms with Crippen LogP contribution >= 0.6 is 0 Å². The molecule has 2 aliphatic rings. The average Bonchev–Trinajstić information content (AvgIpc) is 4.13. The fraction of sp³-hybridized carbons (Fsp3) is 0.333. The smallest absolute Gasteiger partial charge is 0.407 e. The minimum absolute atomic E-state index is 0.116. The monoisotopic (exact) mass is 812 g/mol. The number of benzene rings is 3. The molecule has 2 fully saturated rings. The molecule has 3 aromatic heterocycles. The maximum atomic E-state index is 13.9. The number of rotatable bonds is 11. The maximum absolute atomic E-state index is 13.9. The zero-order chi connectivity index (χ0) is 41.9. The summed E-state index contributed by atoms with van der Waals surface area (Å²) in [5, 5.41) is 6.33. The molecule has 0 unspecified atom stereocenters. The first-order valence-electron chi connectivity index (χ1n) is 20.2. The van der Waals surface area contributed by atoms with Crippen molar-refractivity contribution in [2.75, 3.05) is 27.3 Å². The van der Waals surface area contributed by atoms with Crippen molar-refractivity contribution in [1.29, 1.82) is 0 Å². The molecule has 3 aromatic carbocycles. The van der Waals surface area contributed by atoms with Crippen LogP contribution in [0.4, 0.5) is 9.59 Å². The van der Waals surface area contributed by atoms with Crippen LogP contribution in [0.5, 0.6) is 0 Å². The number of methoxy groups -OCH3 is 2. The second-order valence-electron chi connectivity index (χ2n) is 15.5. The van der Waals surface area contributed by atoms with Crippen LogP contribution in [0.15, 0.2) is 95.7 Å². The van der Waals surface area contributed by atoms with Crippen molar-refractivity contribution >= 4 is 35.0 Å². The maximum Gasteiger partial charge on any atom is 0.407 e. The summed E-state index contributed by atoms with van der Waals surface area (Å²) in [7, 11) is 2.56. The van der Waals surface area contributed by atoms with E-state index in [2.05, 4.69) is 31.7 Å². The van der Waals surface area contributed by atoms with E-state index in [-0.39, 0.29) is 29.8 Å². The molecule has 2 saturated heterocycles. The Morgan fingerprint density at radius 1 is 0.717 bits per heavy atom. The molecule has 6 aromatic rings. The molecule has 4 N–H and O–H groups in total. The molecule has 0 saturated carbocycles. The van der Waals surface area contributed by atoms with Gasteiger partial charge in [0.05, 0.1) is 50.1 Å². The summed E-state index contributed by atoms with van der Waals surface area (Å²) in [5.74, 6) is 1.62. The Labute approximate surface area is 346 Å². The number of amides is 4. The number of aromatic amines is 2. The molecular weight excluding hydrogens is 765 g/mol. The van der Waals surface area contributed by atoms with Crippen molar-refractivity contribution < 1.29 is 33.1 Å². The standard InChI is InChI=1S/C45H48N8O7/c1-26(2)38(50-44(56)58-3)42(54)52-20-8-12-34(52)40-46-24-32(48-40)27-14-16-28(17-15-27)37-23-31-22-30(18-19-36(31)60-37)33-25-47-41(49-33)35-13-9-21-53(35)43(55)39(51-45(57)59-4)29-10-6-5-7-11-29/h5-7,10-11,14-19,22-26,34-35,38-39H,8-9,12-13,20-21H2,1-4H3,(H,46,48)(H,47,49)(H,50,56)(H,51,57)/t34-,35-,38-,39+/m0/s1. The van der Waals surface area contributed by atoms with Gasteiger partial charge in [0.15, 0.2) is 0 Å². The lowest BCUT2D eigenvalue weighted by atomic mass is 10.0. The third-order valence-corrected chi connectivity index (χ3v) is 11.4. The molecule has 0 bridgehead atoms. The van der Waals surface area contributed by atoms with Crippen LogP contribution in [0.25, 0.3) is 44.8 Å². The van der Waals surface area contributed by atoms with Crippen LogP contribution in [0, 0.1) is 5.92 Å². The predicted molar refractivity (Wildman–Crippen MR) is 223 cm³/mol. The molecule has 0 aliphatic carbocycles. The molecule has 60 heavy (non-hydrogen) atoms. The highest BCUT2D eigenvalue weighted by Gasteiger charge is 2.39. The SMILES string of the molecule is COC(=O)N[C@H](C(=O)N1CCC[C@H]1c1ncc(-c2ccc(-c3cc4cc(-c5cnc([C@@H]6CCCN6C(=O)[C@H](NC(=O)OC)c6ccccc6)[nH]5)ccc4o3)cc2)[nH]1)C(C)C. The largest absolute Gasteiger partial charge is 0.456 e. The number of aromatic nitrogens is 4. The van der Waals surface area contributed by atoms with E-state index >= 15 is 0 Å². The Morgan fingerprint density at radius 3 is 1.90 bits per heavy atom. The van der Waals surface area contributed by atoms with Crippen molar-refractivity contribution in [1.82, 2.24) is 40.4 Å². The van der Waals surface area contributed by atoms with E-state index in [0.29, 0.717) is 30.3 Å². The summed E-state index contributed by atoms with van der Waals surface area (Å²) in [6, 6.07) is 23.1. The van der Waals surface area contributed by atoms with Crippen molar-refractivity contribution in [2.45, 2.75) is 63.7 Å². The van der Waals surface area contributed by atoms with E-state index < -0.39 is 24.3 Å². The topological polar surface area (TPSA) is 188 Å². The molecule has 15 nitrogen and oxygen atoms in total. The van der Waals surface area contributed by atoms with Gasteiger partial charge in [-0.2, -0.15) is 0 Å². The minimum Gasteiger partial charge on any atom is -0.456 e. The zero-order valence-electron chi connectivity index (χ0n) is 33.9. The van der Waals surface area contributed by atoms with Crippen molar-refractivity contribution in [3.8, 4) is 33.8 Å². The summed E-state index contributed by atoms with van der Waals surface area (Å²) in [6.07, 6.45) is 5.40. The number of hydrogen-bond acceptors (Lipinski definition) is 9. The molecule has 8 rings (SSSR count). The van der Waals surface area contributed by atoms with Crippen LogP contribution in [0.3, 0.4) is 0 Å². The highest BCUT2D eigenvalue weighted by atomic mass is 16.5. The van der Waals surface area contributed by atoms with Crippen molar-refractivity contribution in [3.05, 3.63) is 108 Å². The zero-order valence-corrected chi connectivity index (χ0v) is 33.9. The summed E-state index contributed by atoms with van der Waals surface area (Å²) < 4.78 is 15.9. The first-order chi connectivity index (χ1) is 29.1. The van der Waals surface area contributed by atoms with Crippen molar-refractivity contribution in [3.63, 3.8) is 0 Å². The number of nitrogens with zero attached hydrogens (tertiary/aromatic N) is 4. The van der Waals surface area contributed by atoms with Gasteiger partial charge in [-0.3, -0.25) is 9.59 Å². The molecule has 4 amide bonds. The summed E-state index contributed by atoms with van der Waals surface area (Å²) >= 11 is 0. The van der Waals surface area contributed by atoms with Gasteiger partial charge >= 0.3 is 12.2 Å². The Morgan fingerprint density at radius 2 is 1.28 bits per heavy atom. The Balaban J connectivity index is 0.953. The van der Waals surface area contributed by atoms with E-state index in [4.69, 9.17) is 18.9 Å². The van der Waals surface area contributed by atoms with Gasteiger partial charge in [0.2, 0.25) is 5.91 Å². The lowest BCUT2D eigenvalue weighted by Gasteiger charge is -2.30. The lowest BCUT2D eigenvalue weighted by Crippen LogP contribution is -2.51. The summed E-state index contributed by atoms with van der Waals surface area (Å²) in [5.41, 5.74) is 5.82. The van der Waals surface area contributed by atoms with Crippen LogP contribution in [-0.4, -0.2) is 87.1 Å². The number of hydrogen-bond donors (Lipinski definition) is 4. The molecular formula is C45H48N8O7. The summed E-state index contributed by atoms with van der Waals surface area (Å²) in [6.45, 7) is 4.91. The van der Waals surface area contributed by atoms with Crippen LogP contribution in [0.2, 0.25) is 0 Å². The first kappa shape index (κ1) is 39.9. The number of nitrogens with one attached hydrogen (secondary N) is 4. The average molecular weight is 813 g/mol. The molecule has 5 heterocycles. The van der Waals surface area contributed by atoms with Gasteiger partial charge in [-0.25, -0.2) is 19.6 Å². The Bertz CT molecular complexity index is 2490. The van der Waals surface area contributed by atoms with E-state index in [1.807, 2.05) is 86.6 Å². The van der Waals surface area contributed by atoms with Gasteiger partial charge in [-0.15, -0.1) is 0 Å². The normalized spacial score (nSPS) is 17.5. The number of likely N-dealkylation sites (tertiary alicyclic amines) is 2. The first-order valence-corrected chi connectivity index (χ1v) is 20.2. The molecule has 310 valence electrons. The number of carbonyl (C=O) groups excluding carboxylic acids is 4. The second kappa shape index (κ2) is 17.1. The fourth-order valence-electron chi connectivity index (χ4n) is 8.26. The third kappa shape index (κ3) is 8.07. The quantitative estimate of drug-likeness (QED) is 0.102. The van der Waals surface area contributed by atoms with Crippen LogP contribution in [0.1, 0.15) is 74.9 Å². The molecule has 2 aliphatic heterocycles. The van der Waals surface area contributed by atoms with E-state index in [1.165, 1.54) is 14.2 Å². The Hall–Kier alpha value is -6.90. The minimum atomic E-state index is -0.893. The Kier molecular flexibility index (Phi) is 11.4. The highest BCUT2D eigenvalue weighted by Crippen LogP contribution is 2.37. The number of alkyl carbamates (subject to hydrolysis) is 2. The number of carbonyl (C=O) groups is 4. The number of H-pyrrole nitrogens is 2. The van der Waals surface area contributed by atoms with Crippen molar-refractivity contribution in [2.24, 2.45) is 5.92 Å². The fourth-order valence-corrected chi connectivity index (χ4v) is 8.26. The molecule has 4 atom stereocenters. The summed E-state index contributed by atoms with van der Waals surface area (Å²) in [4.78, 5) is 71.6. The van der Waals surface area contributed by atoms with Gasteiger partial charge in [0, 0.05) is 29.6 Å². The molecule has 15 heteroatoms. The van der Waals surface area contributed by atoms with Gasteiger partial charge < -0.3 is 44.3 Å². The number of imidazole rings is 2.